The van der Waals surface area contributed by atoms with E-state index in [1.165, 1.54) is 18.6 Å². The van der Waals surface area contributed by atoms with Gasteiger partial charge in [0.15, 0.2) is 0 Å². The summed E-state index contributed by atoms with van der Waals surface area (Å²) in [4.78, 5) is 11.8. The molecule has 0 aromatic heterocycles. The molecule has 0 radical (unpaired) electrons. The van der Waals surface area contributed by atoms with Crippen LogP contribution in [-0.4, -0.2) is 130 Å². The summed E-state index contributed by atoms with van der Waals surface area (Å²) in [5.74, 6) is 1.39. The monoisotopic (exact) mass is 571 g/mol. The average molecular weight is 572 g/mol. The maximum absolute atomic E-state index is 11.8. The number of nitrogens with one attached hydrogen (secondary N) is 1. The van der Waals surface area contributed by atoms with Crippen LogP contribution in [0.15, 0.2) is 0 Å². The number of methoxy groups -OCH3 is 1. The number of amides is 1. The number of ether oxygens (including phenoxy) is 8. The van der Waals surface area contributed by atoms with Crippen molar-refractivity contribution in [2.75, 3.05) is 119 Å². The lowest BCUT2D eigenvalue weighted by Gasteiger charge is -2.09. The molecule has 0 aromatic rings. The maximum Gasteiger partial charge on any atom is 0.220 e. The number of unbranched alkanes of at least 4 members (excludes halogenated alkanes) is 1. The highest BCUT2D eigenvalue weighted by Crippen LogP contribution is 2.39. The van der Waals surface area contributed by atoms with Gasteiger partial charge in [0.25, 0.3) is 0 Å². The summed E-state index contributed by atoms with van der Waals surface area (Å²) in [5.41, 5.74) is 0. The quantitative estimate of drug-likeness (QED) is 0.106. The maximum atomic E-state index is 11.8. The minimum absolute atomic E-state index is 0.114. The molecule has 37 heavy (non-hydrogen) atoms. The fourth-order valence-electron chi connectivity index (χ4n) is 3.14. The number of hydrogen-bond donors (Lipinski definition) is 1. The Hall–Kier alpha value is -0.150. The molecule has 10 nitrogen and oxygen atoms in total. The van der Waals surface area contributed by atoms with E-state index in [9.17, 15) is 4.79 Å². The van der Waals surface area contributed by atoms with E-state index in [2.05, 4.69) is 5.32 Å². The Morgan fingerprint density at radius 2 is 1.14 bits per heavy atom. The number of carbonyl (C=O) groups is 1. The number of hydrogen-bond acceptors (Lipinski definition) is 11. The molecule has 1 atom stereocenters. The molecule has 12 heteroatoms. The second-order valence-electron chi connectivity index (χ2n) is 8.20. The summed E-state index contributed by atoms with van der Waals surface area (Å²) in [6, 6.07) is 0. The third-order valence-electron chi connectivity index (χ3n) is 5.14. The van der Waals surface area contributed by atoms with E-state index in [0.717, 1.165) is 18.1 Å². The van der Waals surface area contributed by atoms with E-state index < -0.39 is 0 Å². The summed E-state index contributed by atoms with van der Waals surface area (Å²) < 4.78 is 42.8. The first kappa shape index (κ1) is 34.9. The van der Waals surface area contributed by atoms with Crippen molar-refractivity contribution in [3.8, 4) is 0 Å². The molecule has 0 aliphatic carbocycles. The predicted molar refractivity (Wildman–Crippen MR) is 148 cm³/mol. The second kappa shape index (κ2) is 28.8. The van der Waals surface area contributed by atoms with Gasteiger partial charge in [0, 0.05) is 31.1 Å². The second-order valence-corrected chi connectivity index (χ2v) is 11.0. The molecule has 0 aromatic carbocycles. The van der Waals surface area contributed by atoms with Crippen LogP contribution in [-0.2, 0) is 42.7 Å². The lowest BCUT2D eigenvalue weighted by atomic mass is 10.1. The highest BCUT2D eigenvalue weighted by Gasteiger charge is 2.15. The molecule has 1 aliphatic heterocycles. The van der Waals surface area contributed by atoms with Crippen LogP contribution in [0.3, 0.4) is 0 Å². The summed E-state index contributed by atoms with van der Waals surface area (Å²) in [7, 11) is 5.62. The fraction of sp³-hybridized carbons (Fsp3) is 0.960. The van der Waals surface area contributed by atoms with E-state index in [0.29, 0.717) is 112 Å². The topological polar surface area (TPSA) is 103 Å². The van der Waals surface area contributed by atoms with Crippen LogP contribution in [0.2, 0.25) is 0 Å². The molecule has 220 valence electrons. The molecule has 1 rings (SSSR count). The zero-order chi connectivity index (χ0) is 26.5. The van der Waals surface area contributed by atoms with Gasteiger partial charge in [-0.05, 0) is 19.3 Å². The minimum Gasteiger partial charge on any atom is -0.382 e. The third-order valence-corrected chi connectivity index (χ3v) is 8.15. The van der Waals surface area contributed by atoms with E-state index in [1.807, 2.05) is 21.6 Å². The molecule has 0 unspecified atom stereocenters. The molecule has 1 N–H and O–H groups in total. The van der Waals surface area contributed by atoms with Crippen LogP contribution in [0.1, 0.15) is 32.1 Å². The van der Waals surface area contributed by atoms with Gasteiger partial charge in [0.05, 0.1) is 99.1 Å². The van der Waals surface area contributed by atoms with E-state index in [4.69, 9.17) is 37.9 Å². The normalized spacial score (nSPS) is 15.4. The van der Waals surface area contributed by atoms with E-state index in [-0.39, 0.29) is 5.91 Å². The summed E-state index contributed by atoms with van der Waals surface area (Å²) in [5, 5.41) is 3.70. The van der Waals surface area contributed by atoms with Crippen molar-refractivity contribution in [2.24, 2.45) is 0 Å². The Bertz CT molecular complexity index is 489. The first-order chi connectivity index (χ1) is 18.3. The first-order valence-corrected chi connectivity index (χ1v) is 15.8. The summed E-state index contributed by atoms with van der Waals surface area (Å²) in [6.07, 6.45) is 5.25. The minimum atomic E-state index is 0.114. The van der Waals surface area contributed by atoms with Gasteiger partial charge in [0.1, 0.15) is 0 Å². The van der Waals surface area contributed by atoms with Gasteiger partial charge in [-0.3, -0.25) is 4.79 Å². The van der Waals surface area contributed by atoms with Crippen molar-refractivity contribution >= 4 is 27.5 Å². The highest BCUT2D eigenvalue weighted by atomic mass is 33.1. The van der Waals surface area contributed by atoms with Crippen LogP contribution < -0.4 is 5.32 Å². The van der Waals surface area contributed by atoms with Gasteiger partial charge >= 0.3 is 0 Å². The van der Waals surface area contributed by atoms with Crippen LogP contribution in [0.4, 0.5) is 0 Å². The van der Waals surface area contributed by atoms with Crippen LogP contribution in [0, 0.1) is 0 Å². The Balaban J connectivity index is 1.65. The van der Waals surface area contributed by atoms with Crippen molar-refractivity contribution in [3.63, 3.8) is 0 Å². The van der Waals surface area contributed by atoms with Gasteiger partial charge in [-0.2, -0.15) is 0 Å². The Labute approximate surface area is 231 Å². The van der Waals surface area contributed by atoms with Gasteiger partial charge in [-0.1, -0.05) is 28.0 Å². The van der Waals surface area contributed by atoms with Crippen molar-refractivity contribution in [3.05, 3.63) is 0 Å². The molecule has 0 saturated carbocycles. The number of rotatable bonds is 29. The van der Waals surface area contributed by atoms with Crippen LogP contribution in [0.25, 0.3) is 0 Å². The molecular weight excluding hydrogens is 522 g/mol. The zero-order valence-corrected chi connectivity index (χ0v) is 24.3. The molecule has 1 saturated heterocycles. The Morgan fingerprint density at radius 3 is 1.57 bits per heavy atom. The number of carbonyl (C=O) groups excluding carboxylic acids is 1. The fourth-order valence-corrected chi connectivity index (χ4v) is 6.16. The molecular formula is C25H49NO9S2. The van der Waals surface area contributed by atoms with Gasteiger partial charge in [0.2, 0.25) is 5.91 Å². The Morgan fingerprint density at radius 1 is 0.676 bits per heavy atom. The smallest absolute Gasteiger partial charge is 0.220 e. The molecule has 0 spiro atoms. The molecule has 1 aliphatic rings. The molecule has 1 fully saturated rings. The van der Waals surface area contributed by atoms with E-state index >= 15 is 0 Å². The van der Waals surface area contributed by atoms with Crippen LogP contribution in [0.5, 0.6) is 0 Å². The van der Waals surface area contributed by atoms with Crippen molar-refractivity contribution in [2.45, 2.75) is 37.4 Å². The lowest BCUT2D eigenvalue weighted by Crippen LogP contribution is -2.27. The SMILES string of the molecule is COCCOCCOCCOCCOCCOCCOCCOCCNC(=O)CCCC[C@@H]1CCSS1. The van der Waals surface area contributed by atoms with Crippen molar-refractivity contribution in [1.82, 2.24) is 5.32 Å². The average Bonchev–Trinajstić information content (AvgIpc) is 3.43. The predicted octanol–water partition coefficient (Wildman–Crippen LogP) is 2.58. The highest BCUT2D eigenvalue weighted by molar-refractivity contribution is 8.77. The molecule has 1 heterocycles. The van der Waals surface area contributed by atoms with Gasteiger partial charge in [-0.25, -0.2) is 0 Å². The van der Waals surface area contributed by atoms with Crippen molar-refractivity contribution in [1.29, 1.82) is 0 Å². The largest absolute Gasteiger partial charge is 0.382 e. The standard InChI is InChI=1S/C25H49NO9S2/c1-28-9-10-30-13-14-32-17-18-34-21-22-35-20-19-33-16-15-31-12-11-29-8-7-26-25(27)5-3-2-4-24-6-23-36-37-24/h24H,2-23H2,1H3,(H,26,27)/t24-/m1/s1. The first-order valence-electron chi connectivity index (χ1n) is 13.4. The summed E-state index contributed by atoms with van der Waals surface area (Å²) >= 11 is 0. The third kappa shape index (κ3) is 25.9. The molecule has 1 amide bonds. The van der Waals surface area contributed by atoms with E-state index in [1.54, 1.807) is 7.11 Å². The van der Waals surface area contributed by atoms with Crippen LogP contribution >= 0.6 is 21.6 Å². The molecule has 0 bridgehead atoms. The van der Waals surface area contributed by atoms with Crippen molar-refractivity contribution < 1.29 is 42.7 Å². The Kier molecular flexibility index (Phi) is 27.2. The zero-order valence-electron chi connectivity index (χ0n) is 22.6. The van der Waals surface area contributed by atoms with Gasteiger partial charge < -0.3 is 43.2 Å². The summed E-state index contributed by atoms with van der Waals surface area (Å²) in [6.45, 7) is 8.54. The lowest BCUT2D eigenvalue weighted by molar-refractivity contribution is -0.121. The van der Waals surface area contributed by atoms with Gasteiger partial charge in [-0.15, -0.1) is 0 Å².